The fraction of sp³-hybridized carbons (Fsp3) is 0.462. The van der Waals surface area contributed by atoms with Crippen molar-refractivity contribution in [2.24, 2.45) is 5.73 Å². The molecule has 1 atom stereocenters. The minimum absolute atomic E-state index is 0.0883. The molecule has 0 aliphatic carbocycles. The van der Waals surface area contributed by atoms with Crippen molar-refractivity contribution in [1.82, 2.24) is 4.31 Å². The van der Waals surface area contributed by atoms with E-state index in [4.69, 9.17) is 5.73 Å². The first-order valence-corrected chi connectivity index (χ1v) is 7.72. The van der Waals surface area contributed by atoms with Gasteiger partial charge in [0.1, 0.15) is 0 Å². The molecule has 1 amide bonds. The Kier molecular flexibility index (Phi) is 3.91. The lowest BCUT2D eigenvalue weighted by molar-refractivity contribution is -0.118. The van der Waals surface area contributed by atoms with Crippen molar-refractivity contribution in [2.45, 2.75) is 37.1 Å². The normalized spacial score (nSPS) is 20.6. The molecule has 6 heteroatoms. The molecule has 104 valence electrons. The Hall–Kier alpha value is -1.40. The van der Waals surface area contributed by atoms with Crippen LogP contribution in [0.4, 0.5) is 0 Å². The molecule has 1 heterocycles. The van der Waals surface area contributed by atoms with E-state index in [2.05, 4.69) is 0 Å². The standard InChI is InChI=1S/C13H18N2O3S/c1-10-4-2-6-12(8-10)19(17,18)15-7-3-5-11(15)9-13(14)16/h2,4,6,8,11H,3,5,7,9H2,1H3,(H2,14,16). The number of benzene rings is 1. The molecular formula is C13H18N2O3S. The summed E-state index contributed by atoms with van der Waals surface area (Å²) >= 11 is 0. The highest BCUT2D eigenvalue weighted by Crippen LogP contribution is 2.27. The number of rotatable bonds is 4. The average Bonchev–Trinajstić information content (AvgIpc) is 2.77. The van der Waals surface area contributed by atoms with Crippen LogP contribution in [-0.4, -0.2) is 31.2 Å². The summed E-state index contributed by atoms with van der Waals surface area (Å²) in [5, 5.41) is 0. The van der Waals surface area contributed by atoms with Gasteiger partial charge in [-0.2, -0.15) is 4.31 Å². The smallest absolute Gasteiger partial charge is 0.243 e. The number of sulfonamides is 1. The van der Waals surface area contributed by atoms with E-state index < -0.39 is 15.9 Å². The number of primary amides is 1. The zero-order valence-electron chi connectivity index (χ0n) is 10.9. The fourth-order valence-electron chi connectivity index (χ4n) is 2.47. The first kappa shape index (κ1) is 14.0. The Morgan fingerprint density at radius 2 is 2.21 bits per heavy atom. The molecule has 19 heavy (non-hydrogen) atoms. The van der Waals surface area contributed by atoms with Gasteiger partial charge in [-0.3, -0.25) is 4.79 Å². The van der Waals surface area contributed by atoms with E-state index in [1.54, 1.807) is 18.2 Å². The average molecular weight is 282 g/mol. The molecule has 0 saturated carbocycles. The molecule has 5 nitrogen and oxygen atoms in total. The van der Waals surface area contributed by atoms with E-state index >= 15 is 0 Å². The zero-order chi connectivity index (χ0) is 14.0. The lowest BCUT2D eigenvalue weighted by Crippen LogP contribution is -2.37. The number of hydrogen-bond acceptors (Lipinski definition) is 3. The minimum atomic E-state index is -3.53. The van der Waals surface area contributed by atoms with Crippen LogP contribution in [0.1, 0.15) is 24.8 Å². The van der Waals surface area contributed by atoms with Crippen molar-refractivity contribution in [3.63, 3.8) is 0 Å². The summed E-state index contributed by atoms with van der Waals surface area (Å²) in [6, 6.07) is 6.51. The fourth-order valence-corrected chi connectivity index (χ4v) is 4.27. The van der Waals surface area contributed by atoms with Crippen molar-refractivity contribution in [3.8, 4) is 0 Å². The third-order valence-corrected chi connectivity index (χ3v) is 5.30. The first-order valence-electron chi connectivity index (χ1n) is 6.28. The van der Waals surface area contributed by atoms with Gasteiger partial charge in [0.05, 0.1) is 4.90 Å². The number of amides is 1. The topological polar surface area (TPSA) is 80.5 Å². The molecular weight excluding hydrogens is 264 g/mol. The SMILES string of the molecule is Cc1cccc(S(=O)(=O)N2CCCC2CC(N)=O)c1. The molecule has 0 radical (unpaired) electrons. The number of carbonyl (C=O) groups is 1. The largest absolute Gasteiger partial charge is 0.370 e. The van der Waals surface area contributed by atoms with Crippen LogP contribution in [0.15, 0.2) is 29.2 Å². The van der Waals surface area contributed by atoms with Gasteiger partial charge in [0, 0.05) is 19.0 Å². The predicted molar refractivity (Wildman–Crippen MR) is 71.9 cm³/mol. The van der Waals surface area contributed by atoms with Gasteiger partial charge < -0.3 is 5.73 Å². The molecule has 0 spiro atoms. The highest BCUT2D eigenvalue weighted by molar-refractivity contribution is 7.89. The third-order valence-electron chi connectivity index (χ3n) is 3.36. The summed E-state index contributed by atoms with van der Waals surface area (Å²) in [6.45, 7) is 2.30. The van der Waals surface area contributed by atoms with Crippen molar-refractivity contribution in [3.05, 3.63) is 29.8 Å². The second-order valence-corrected chi connectivity index (χ2v) is 6.79. The van der Waals surface area contributed by atoms with Gasteiger partial charge in [-0.25, -0.2) is 8.42 Å². The van der Waals surface area contributed by atoms with E-state index in [1.165, 1.54) is 4.31 Å². The number of aryl methyl sites for hydroxylation is 1. The van der Waals surface area contributed by atoms with Crippen LogP contribution < -0.4 is 5.73 Å². The van der Waals surface area contributed by atoms with Gasteiger partial charge in [-0.05, 0) is 37.5 Å². The Labute approximate surface area is 113 Å². The van der Waals surface area contributed by atoms with Crippen LogP contribution in [0, 0.1) is 6.92 Å². The molecule has 1 unspecified atom stereocenters. The molecule has 1 aromatic carbocycles. The van der Waals surface area contributed by atoms with Gasteiger partial charge in [0.25, 0.3) is 0 Å². The Morgan fingerprint density at radius 3 is 2.84 bits per heavy atom. The van der Waals surface area contributed by atoms with Gasteiger partial charge in [-0.1, -0.05) is 12.1 Å². The minimum Gasteiger partial charge on any atom is -0.370 e. The number of hydrogen-bond donors (Lipinski definition) is 1. The summed E-state index contributed by atoms with van der Waals surface area (Å²) in [5.41, 5.74) is 6.08. The van der Waals surface area contributed by atoms with E-state index in [9.17, 15) is 13.2 Å². The van der Waals surface area contributed by atoms with Crippen LogP contribution in [0.3, 0.4) is 0 Å². The van der Waals surface area contributed by atoms with E-state index in [0.29, 0.717) is 13.0 Å². The van der Waals surface area contributed by atoms with Crippen molar-refractivity contribution in [1.29, 1.82) is 0 Å². The lowest BCUT2D eigenvalue weighted by atomic mass is 10.1. The molecule has 1 saturated heterocycles. The summed E-state index contributed by atoms with van der Waals surface area (Å²) in [6.07, 6.45) is 1.54. The second kappa shape index (κ2) is 5.30. The van der Waals surface area contributed by atoms with Gasteiger partial charge in [0.2, 0.25) is 15.9 Å². The maximum atomic E-state index is 12.6. The first-order chi connectivity index (χ1) is 8.91. The van der Waals surface area contributed by atoms with Crippen LogP contribution >= 0.6 is 0 Å². The Balaban J connectivity index is 2.31. The van der Waals surface area contributed by atoms with Gasteiger partial charge in [-0.15, -0.1) is 0 Å². The summed E-state index contributed by atoms with van der Waals surface area (Å²) in [5.74, 6) is -0.462. The van der Waals surface area contributed by atoms with Crippen LogP contribution in [0.25, 0.3) is 0 Å². The molecule has 2 rings (SSSR count). The molecule has 1 aliphatic heterocycles. The molecule has 2 N–H and O–H groups in total. The van der Waals surface area contributed by atoms with Gasteiger partial charge >= 0.3 is 0 Å². The van der Waals surface area contributed by atoms with Crippen LogP contribution in [0.5, 0.6) is 0 Å². The summed E-state index contributed by atoms with van der Waals surface area (Å²) in [7, 11) is -3.53. The predicted octanol–water partition coefficient (Wildman–Crippen LogP) is 1.02. The van der Waals surface area contributed by atoms with Crippen molar-refractivity contribution in [2.75, 3.05) is 6.54 Å². The van der Waals surface area contributed by atoms with Crippen LogP contribution in [-0.2, 0) is 14.8 Å². The summed E-state index contributed by atoms with van der Waals surface area (Å²) < 4.78 is 26.5. The Bertz CT molecular complexity index is 583. The molecule has 0 aromatic heterocycles. The maximum absolute atomic E-state index is 12.6. The van der Waals surface area contributed by atoms with E-state index in [1.807, 2.05) is 13.0 Å². The van der Waals surface area contributed by atoms with Gasteiger partial charge in [0.15, 0.2) is 0 Å². The lowest BCUT2D eigenvalue weighted by Gasteiger charge is -2.23. The highest BCUT2D eigenvalue weighted by Gasteiger charge is 2.35. The Morgan fingerprint density at radius 1 is 1.47 bits per heavy atom. The highest BCUT2D eigenvalue weighted by atomic mass is 32.2. The molecule has 1 fully saturated rings. The number of nitrogens with two attached hydrogens (primary N) is 1. The molecule has 0 bridgehead atoms. The second-order valence-electron chi connectivity index (χ2n) is 4.90. The van der Waals surface area contributed by atoms with E-state index in [-0.39, 0.29) is 17.4 Å². The molecule has 1 aromatic rings. The molecule has 1 aliphatic rings. The third kappa shape index (κ3) is 2.96. The van der Waals surface area contributed by atoms with E-state index in [0.717, 1.165) is 12.0 Å². The number of nitrogens with zero attached hydrogens (tertiary/aromatic N) is 1. The zero-order valence-corrected chi connectivity index (χ0v) is 11.7. The van der Waals surface area contributed by atoms with Crippen molar-refractivity contribution >= 4 is 15.9 Å². The van der Waals surface area contributed by atoms with Crippen LogP contribution in [0.2, 0.25) is 0 Å². The quantitative estimate of drug-likeness (QED) is 0.895. The van der Waals surface area contributed by atoms with Crippen molar-refractivity contribution < 1.29 is 13.2 Å². The maximum Gasteiger partial charge on any atom is 0.243 e. The monoisotopic (exact) mass is 282 g/mol. The summed E-state index contributed by atoms with van der Waals surface area (Å²) in [4.78, 5) is 11.3. The number of carbonyl (C=O) groups excluding carboxylic acids is 1.